The first-order chi connectivity index (χ1) is 7.38. The number of benzene rings is 1. The van der Waals surface area contributed by atoms with Crippen LogP contribution in [-0.4, -0.2) is 24.0 Å². The molecule has 1 saturated heterocycles. The molecule has 1 N–H and O–H groups in total. The van der Waals surface area contributed by atoms with Gasteiger partial charge in [0.25, 0.3) is 0 Å². The molecule has 1 aromatic rings. The standard InChI is InChI=1S/C12H17ClN2/c13-14-12-7-4-8-15(10-12)9-11-5-2-1-3-6-11/h1-3,5-6,12,14H,4,7-10H2/t12-/m1/s1. The molecule has 0 amide bonds. The van der Waals surface area contributed by atoms with Crippen LogP contribution in [0, 0.1) is 0 Å². The lowest BCUT2D eigenvalue weighted by Gasteiger charge is -2.31. The summed E-state index contributed by atoms with van der Waals surface area (Å²) in [5.41, 5.74) is 1.38. The van der Waals surface area contributed by atoms with Gasteiger partial charge in [-0.2, -0.15) is 0 Å². The van der Waals surface area contributed by atoms with Gasteiger partial charge in [0.05, 0.1) is 0 Å². The molecule has 2 rings (SSSR count). The number of nitrogens with one attached hydrogen (secondary N) is 1. The van der Waals surface area contributed by atoms with Crippen LogP contribution in [-0.2, 0) is 6.54 Å². The highest BCUT2D eigenvalue weighted by Crippen LogP contribution is 2.13. The van der Waals surface area contributed by atoms with Crippen molar-refractivity contribution in [3.8, 4) is 0 Å². The summed E-state index contributed by atoms with van der Waals surface area (Å²) in [5.74, 6) is 0. The van der Waals surface area contributed by atoms with E-state index in [1.165, 1.54) is 24.9 Å². The molecule has 1 heterocycles. The fraction of sp³-hybridized carbons (Fsp3) is 0.500. The lowest BCUT2D eigenvalue weighted by Crippen LogP contribution is -2.42. The van der Waals surface area contributed by atoms with Gasteiger partial charge in [-0.15, -0.1) is 0 Å². The second kappa shape index (κ2) is 5.50. The molecule has 1 atom stereocenters. The molecule has 0 aromatic heterocycles. The number of halogens is 1. The van der Waals surface area contributed by atoms with Gasteiger partial charge in [0, 0.05) is 19.1 Å². The summed E-state index contributed by atoms with van der Waals surface area (Å²) in [5, 5.41) is 0. The largest absolute Gasteiger partial charge is 0.297 e. The Morgan fingerprint density at radius 1 is 1.33 bits per heavy atom. The molecule has 1 aliphatic rings. The second-order valence-electron chi connectivity index (χ2n) is 4.17. The number of piperidine rings is 1. The Labute approximate surface area is 96.3 Å². The zero-order valence-corrected chi connectivity index (χ0v) is 9.58. The van der Waals surface area contributed by atoms with Crippen molar-refractivity contribution in [1.29, 1.82) is 0 Å². The Kier molecular flexibility index (Phi) is 4.01. The molecule has 82 valence electrons. The lowest BCUT2D eigenvalue weighted by molar-refractivity contribution is 0.195. The van der Waals surface area contributed by atoms with E-state index in [4.69, 9.17) is 11.8 Å². The molecule has 1 fully saturated rings. The Morgan fingerprint density at radius 2 is 2.13 bits per heavy atom. The quantitative estimate of drug-likeness (QED) is 0.794. The minimum Gasteiger partial charge on any atom is -0.297 e. The van der Waals surface area contributed by atoms with Crippen molar-refractivity contribution in [3.05, 3.63) is 35.9 Å². The fourth-order valence-corrected chi connectivity index (χ4v) is 2.31. The summed E-state index contributed by atoms with van der Waals surface area (Å²) in [6, 6.07) is 11.1. The molecule has 0 saturated carbocycles. The Morgan fingerprint density at radius 3 is 2.87 bits per heavy atom. The van der Waals surface area contributed by atoms with E-state index < -0.39 is 0 Å². The van der Waals surface area contributed by atoms with Crippen molar-refractivity contribution < 1.29 is 0 Å². The summed E-state index contributed by atoms with van der Waals surface area (Å²) in [6.07, 6.45) is 2.42. The van der Waals surface area contributed by atoms with E-state index in [-0.39, 0.29) is 0 Å². The van der Waals surface area contributed by atoms with Crippen LogP contribution in [0.15, 0.2) is 30.3 Å². The van der Waals surface area contributed by atoms with Crippen LogP contribution >= 0.6 is 11.8 Å². The predicted octanol–water partition coefficient (Wildman–Crippen LogP) is 2.39. The third kappa shape index (κ3) is 3.20. The zero-order valence-electron chi connectivity index (χ0n) is 8.82. The van der Waals surface area contributed by atoms with E-state index >= 15 is 0 Å². The Bertz CT molecular complexity index is 289. The molecule has 0 unspecified atom stereocenters. The van der Waals surface area contributed by atoms with E-state index in [0.29, 0.717) is 6.04 Å². The first-order valence-corrected chi connectivity index (χ1v) is 5.89. The summed E-state index contributed by atoms with van der Waals surface area (Å²) >= 11 is 5.67. The van der Waals surface area contributed by atoms with Gasteiger partial charge < -0.3 is 0 Å². The van der Waals surface area contributed by atoms with E-state index in [1.807, 2.05) is 0 Å². The van der Waals surface area contributed by atoms with Gasteiger partial charge in [0.1, 0.15) is 0 Å². The minimum atomic E-state index is 0.448. The van der Waals surface area contributed by atoms with Gasteiger partial charge in [-0.25, -0.2) is 4.84 Å². The van der Waals surface area contributed by atoms with E-state index in [2.05, 4.69) is 40.1 Å². The van der Waals surface area contributed by atoms with Crippen molar-refractivity contribution in [2.45, 2.75) is 25.4 Å². The maximum absolute atomic E-state index is 5.67. The maximum Gasteiger partial charge on any atom is 0.0348 e. The summed E-state index contributed by atoms with van der Waals surface area (Å²) < 4.78 is 0. The first-order valence-electron chi connectivity index (χ1n) is 5.51. The van der Waals surface area contributed by atoms with E-state index in [1.54, 1.807) is 0 Å². The topological polar surface area (TPSA) is 15.3 Å². The average Bonchev–Trinajstić information content (AvgIpc) is 2.31. The summed E-state index contributed by atoms with van der Waals surface area (Å²) in [6.45, 7) is 3.28. The fourth-order valence-electron chi connectivity index (χ4n) is 2.13. The maximum atomic E-state index is 5.67. The predicted molar refractivity (Wildman–Crippen MR) is 63.7 cm³/mol. The Balaban J connectivity index is 1.89. The second-order valence-corrected chi connectivity index (χ2v) is 4.39. The van der Waals surface area contributed by atoms with Gasteiger partial charge in [0.15, 0.2) is 0 Å². The molecule has 2 nitrogen and oxygen atoms in total. The van der Waals surface area contributed by atoms with Crippen molar-refractivity contribution in [2.75, 3.05) is 13.1 Å². The number of hydrogen-bond acceptors (Lipinski definition) is 2. The highest BCUT2D eigenvalue weighted by Gasteiger charge is 2.18. The monoisotopic (exact) mass is 224 g/mol. The molecular weight excluding hydrogens is 208 g/mol. The van der Waals surface area contributed by atoms with Crippen molar-refractivity contribution >= 4 is 11.8 Å². The first kappa shape index (κ1) is 10.9. The van der Waals surface area contributed by atoms with Crippen LogP contribution in [0.2, 0.25) is 0 Å². The van der Waals surface area contributed by atoms with Crippen LogP contribution in [0.1, 0.15) is 18.4 Å². The van der Waals surface area contributed by atoms with Crippen LogP contribution in [0.4, 0.5) is 0 Å². The summed E-state index contributed by atoms with van der Waals surface area (Å²) in [7, 11) is 0. The SMILES string of the molecule is ClN[C@@H]1CCCN(Cc2ccccc2)C1. The van der Waals surface area contributed by atoms with Gasteiger partial charge in [-0.3, -0.25) is 4.90 Å². The molecule has 0 spiro atoms. The lowest BCUT2D eigenvalue weighted by atomic mass is 10.1. The van der Waals surface area contributed by atoms with Crippen molar-refractivity contribution in [1.82, 2.24) is 9.74 Å². The molecule has 1 aliphatic heterocycles. The normalized spacial score (nSPS) is 22.9. The van der Waals surface area contributed by atoms with Crippen LogP contribution < -0.4 is 4.84 Å². The highest BCUT2D eigenvalue weighted by molar-refractivity contribution is 6.13. The third-order valence-corrected chi connectivity index (χ3v) is 3.22. The van der Waals surface area contributed by atoms with Crippen LogP contribution in [0.5, 0.6) is 0 Å². The molecular formula is C12H17ClN2. The van der Waals surface area contributed by atoms with Crippen molar-refractivity contribution in [3.63, 3.8) is 0 Å². The number of likely N-dealkylation sites (tertiary alicyclic amines) is 1. The zero-order chi connectivity index (χ0) is 10.5. The van der Waals surface area contributed by atoms with Gasteiger partial charge in [-0.05, 0) is 36.7 Å². The molecule has 0 radical (unpaired) electrons. The third-order valence-electron chi connectivity index (χ3n) is 2.91. The highest BCUT2D eigenvalue weighted by atomic mass is 35.5. The van der Waals surface area contributed by atoms with E-state index in [9.17, 15) is 0 Å². The minimum absolute atomic E-state index is 0.448. The van der Waals surface area contributed by atoms with Gasteiger partial charge in [0.2, 0.25) is 0 Å². The molecule has 1 aromatic carbocycles. The smallest absolute Gasteiger partial charge is 0.0348 e. The molecule has 0 bridgehead atoms. The molecule has 15 heavy (non-hydrogen) atoms. The number of hydrogen-bond donors (Lipinski definition) is 1. The Hall–Kier alpha value is -0.570. The average molecular weight is 225 g/mol. The molecule has 0 aliphatic carbocycles. The van der Waals surface area contributed by atoms with E-state index in [0.717, 1.165) is 13.1 Å². The van der Waals surface area contributed by atoms with Crippen molar-refractivity contribution in [2.24, 2.45) is 0 Å². The number of nitrogens with zero attached hydrogens (tertiary/aromatic N) is 1. The van der Waals surface area contributed by atoms with Crippen LogP contribution in [0.3, 0.4) is 0 Å². The number of rotatable bonds is 3. The van der Waals surface area contributed by atoms with Gasteiger partial charge in [-0.1, -0.05) is 30.3 Å². The van der Waals surface area contributed by atoms with Crippen LogP contribution in [0.25, 0.3) is 0 Å². The molecule has 3 heteroatoms. The van der Waals surface area contributed by atoms with Gasteiger partial charge >= 0.3 is 0 Å². The summed E-state index contributed by atoms with van der Waals surface area (Å²) in [4.78, 5) is 5.31.